The smallest absolute Gasteiger partial charge is 0.114 e. The zero-order chi connectivity index (χ0) is 11.6. The molecule has 6 radical (unpaired) electrons. The summed E-state index contributed by atoms with van der Waals surface area (Å²) in [5, 5.41) is 0. The Morgan fingerprint density at radius 2 is 1.80 bits per heavy atom. The molecule has 0 aromatic heterocycles. The normalized spacial score (nSPS) is 10.9. The lowest BCUT2D eigenvalue weighted by atomic mass is 9.68. The third-order valence-electron chi connectivity index (χ3n) is 2.57. The van der Waals surface area contributed by atoms with Gasteiger partial charge >= 0.3 is 0 Å². The molecule has 0 aliphatic rings. The Hall–Kier alpha value is -0.235. The van der Waals surface area contributed by atoms with E-state index in [1.165, 1.54) is 0 Å². The molecule has 72 valence electrons. The molecule has 0 heterocycles. The zero-order valence-electron chi connectivity index (χ0n) is 9.25. The van der Waals surface area contributed by atoms with E-state index in [9.17, 15) is 0 Å². The molecule has 0 aliphatic heterocycles. The van der Waals surface area contributed by atoms with Crippen molar-refractivity contribution in [3.05, 3.63) is 17.2 Å². The van der Waals surface area contributed by atoms with Crippen LogP contribution in [-0.2, 0) is 6.42 Å². The van der Waals surface area contributed by atoms with E-state index in [0.717, 1.165) is 28.8 Å². The standard InChI is InChI=1S/C11H13B3S/c1-6(2)8-5-9(12)7(3-4-15)10(13)11(8)14/h5-6,15H,3-4H2,1-2H3. The monoisotopic (exact) mass is 210 g/mol. The molecule has 0 atom stereocenters. The van der Waals surface area contributed by atoms with Crippen molar-refractivity contribution in [3.63, 3.8) is 0 Å². The van der Waals surface area contributed by atoms with Gasteiger partial charge in [-0.05, 0) is 18.1 Å². The molecule has 0 saturated heterocycles. The van der Waals surface area contributed by atoms with Crippen molar-refractivity contribution in [1.29, 1.82) is 0 Å². The first-order valence-electron chi connectivity index (χ1n) is 5.06. The second-order valence-corrected chi connectivity index (χ2v) is 4.44. The van der Waals surface area contributed by atoms with E-state index in [1.807, 2.05) is 6.07 Å². The molecule has 0 bridgehead atoms. The molecular formula is C11H13B3S. The maximum absolute atomic E-state index is 5.98. The van der Waals surface area contributed by atoms with Crippen LogP contribution in [0.3, 0.4) is 0 Å². The highest BCUT2D eigenvalue weighted by atomic mass is 32.1. The van der Waals surface area contributed by atoms with Gasteiger partial charge < -0.3 is 0 Å². The highest BCUT2D eigenvalue weighted by Crippen LogP contribution is 2.09. The van der Waals surface area contributed by atoms with Gasteiger partial charge in [-0.1, -0.05) is 42.0 Å². The van der Waals surface area contributed by atoms with Crippen molar-refractivity contribution >= 4 is 52.6 Å². The molecule has 0 saturated carbocycles. The average Bonchev–Trinajstić information content (AvgIpc) is 2.18. The Bertz CT molecular complexity index is 361. The van der Waals surface area contributed by atoms with E-state index in [2.05, 4.69) is 26.5 Å². The third kappa shape index (κ3) is 2.66. The molecule has 0 nitrogen and oxygen atoms in total. The Kier molecular flexibility index (Phi) is 4.45. The topological polar surface area (TPSA) is 0 Å². The SMILES string of the molecule is [B]c1cc(C(C)C)c([B])c([B])c1CCS. The second-order valence-electron chi connectivity index (χ2n) is 3.99. The van der Waals surface area contributed by atoms with Crippen LogP contribution >= 0.6 is 12.6 Å². The molecule has 0 aliphatic carbocycles. The van der Waals surface area contributed by atoms with Gasteiger partial charge in [0.25, 0.3) is 0 Å². The highest BCUT2D eigenvalue weighted by molar-refractivity contribution is 7.80. The molecule has 1 aromatic carbocycles. The van der Waals surface area contributed by atoms with Crippen LogP contribution < -0.4 is 16.4 Å². The van der Waals surface area contributed by atoms with Crippen LogP contribution in [0.1, 0.15) is 30.9 Å². The van der Waals surface area contributed by atoms with E-state index in [0.29, 0.717) is 16.8 Å². The first-order chi connectivity index (χ1) is 6.99. The molecule has 1 rings (SSSR count). The van der Waals surface area contributed by atoms with Crippen LogP contribution in [0, 0.1) is 0 Å². The fraction of sp³-hybridized carbons (Fsp3) is 0.455. The minimum absolute atomic E-state index is 0.333. The molecule has 0 amide bonds. The molecule has 1 aromatic rings. The summed E-state index contributed by atoms with van der Waals surface area (Å²) in [5.74, 6) is 1.05. The zero-order valence-corrected chi connectivity index (χ0v) is 10.1. The van der Waals surface area contributed by atoms with Crippen molar-refractivity contribution in [1.82, 2.24) is 0 Å². The fourth-order valence-corrected chi connectivity index (χ4v) is 1.90. The molecular weight excluding hydrogens is 197 g/mol. The van der Waals surface area contributed by atoms with Gasteiger partial charge in [-0.25, -0.2) is 0 Å². The quantitative estimate of drug-likeness (QED) is 0.512. The number of rotatable bonds is 3. The minimum atomic E-state index is 0.333. The van der Waals surface area contributed by atoms with Gasteiger partial charge in [0.05, 0.1) is 0 Å². The maximum Gasteiger partial charge on any atom is 0.114 e. The van der Waals surface area contributed by atoms with E-state index in [-0.39, 0.29) is 0 Å². The van der Waals surface area contributed by atoms with Gasteiger partial charge in [0.1, 0.15) is 23.5 Å². The van der Waals surface area contributed by atoms with Crippen molar-refractivity contribution in [2.24, 2.45) is 0 Å². The first-order valence-corrected chi connectivity index (χ1v) is 5.69. The average molecular weight is 210 g/mol. The lowest BCUT2D eigenvalue weighted by Crippen LogP contribution is -2.38. The third-order valence-corrected chi connectivity index (χ3v) is 2.79. The van der Waals surface area contributed by atoms with E-state index < -0.39 is 0 Å². The van der Waals surface area contributed by atoms with Crippen LogP contribution in [0.2, 0.25) is 0 Å². The predicted molar refractivity (Wildman–Crippen MR) is 74.3 cm³/mol. The second kappa shape index (κ2) is 5.20. The van der Waals surface area contributed by atoms with Gasteiger partial charge in [0.2, 0.25) is 0 Å². The first kappa shape index (κ1) is 12.8. The summed E-state index contributed by atoms with van der Waals surface area (Å²) < 4.78 is 0. The lowest BCUT2D eigenvalue weighted by molar-refractivity contribution is 0.874. The summed E-state index contributed by atoms with van der Waals surface area (Å²) in [5.41, 5.74) is 3.95. The summed E-state index contributed by atoms with van der Waals surface area (Å²) in [4.78, 5) is 0. The Labute approximate surface area is 102 Å². The number of benzene rings is 1. The van der Waals surface area contributed by atoms with Crippen LogP contribution in [0.4, 0.5) is 0 Å². The van der Waals surface area contributed by atoms with Gasteiger partial charge in [-0.3, -0.25) is 0 Å². The summed E-state index contributed by atoms with van der Waals surface area (Å²) in [6.45, 7) is 4.14. The van der Waals surface area contributed by atoms with Crippen LogP contribution in [0.25, 0.3) is 0 Å². The fourth-order valence-electron chi connectivity index (χ4n) is 1.67. The van der Waals surface area contributed by atoms with E-state index >= 15 is 0 Å². The summed E-state index contributed by atoms with van der Waals surface area (Å²) >= 11 is 4.18. The van der Waals surface area contributed by atoms with Gasteiger partial charge in [0.15, 0.2) is 0 Å². The largest absolute Gasteiger partial charge is 0.179 e. The summed E-state index contributed by atoms with van der Waals surface area (Å²) in [6, 6.07) is 1.93. The Morgan fingerprint density at radius 1 is 1.20 bits per heavy atom. The van der Waals surface area contributed by atoms with Crippen LogP contribution in [-0.4, -0.2) is 29.3 Å². The molecule has 0 fully saturated rings. The van der Waals surface area contributed by atoms with E-state index in [1.54, 1.807) is 0 Å². The van der Waals surface area contributed by atoms with Crippen molar-refractivity contribution in [2.45, 2.75) is 26.2 Å². The van der Waals surface area contributed by atoms with Crippen LogP contribution in [0.15, 0.2) is 6.07 Å². The van der Waals surface area contributed by atoms with Crippen molar-refractivity contribution in [2.75, 3.05) is 5.75 Å². The summed E-state index contributed by atoms with van der Waals surface area (Å²) in [6.07, 6.45) is 0.753. The number of thiol groups is 1. The minimum Gasteiger partial charge on any atom is -0.179 e. The number of hydrogen-bond acceptors (Lipinski definition) is 1. The predicted octanol–water partition coefficient (Wildman–Crippen LogP) is -0.336. The lowest BCUT2D eigenvalue weighted by Gasteiger charge is -2.19. The summed E-state index contributed by atoms with van der Waals surface area (Å²) in [7, 11) is 17.9. The Morgan fingerprint density at radius 3 is 2.27 bits per heavy atom. The molecule has 0 spiro atoms. The van der Waals surface area contributed by atoms with Crippen molar-refractivity contribution in [3.8, 4) is 0 Å². The van der Waals surface area contributed by atoms with E-state index in [4.69, 9.17) is 23.5 Å². The maximum atomic E-state index is 5.98. The molecule has 0 unspecified atom stereocenters. The Balaban J connectivity index is 3.31. The molecule has 4 heteroatoms. The number of hydrogen-bond donors (Lipinski definition) is 1. The van der Waals surface area contributed by atoms with Crippen LogP contribution in [0.5, 0.6) is 0 Å². The molecule has 15 heavy (non-hydrogen) atoms. The van der Waals surface area contributed by atoms with Gasteiger partial charge in [-0.15, -0.1) is 5.46 Å². The highest BCUT2D eigenvalue weighted by Gasteiger charge is 2.10. The van der Waals surface area contributed by atoms with Gasteiger partial charge in [-0.2, -0.15) is 12.6 Å². The van der Waals surface area contributed by atoms with Gasteiger partial charge in [0, 0.05) is 0 Å². The molecule has 0 N–H and O–H groups in total. The van der Waals surface area contributed by atoms with Crippen molar-refractivity contribution < 1.29 is 0 Å².